The van der Waals surface area contributed by atoms with E-state index in [0.717, 1.165) is 23.5 Å². The fraction of sp³-hybridized carbons (Fsp3) is 0.467. The zero-order valence-corrected chi connectivity index (χ0v) is 10.7. The first-order valence-corrected chi connectivity index (χ1v) is 6.86. The van der Waals surface area contributed by atoms with Crippen LogP contribution in [0.25, 0.3) is 11.0 Å². The molecule has 0 aliphatic heterocycles. The number of rotatable bonds is 4. The third-order valence-electron chi connectivity index (χ3n) is 4.69. The zero-order valence-electron chi connectivity index (χ0n) is 10.7. The van der Waals surface area contributed by atoms with Gasteiger partial charge in [0.2, 0.25) is 0 Å². The van der Waals surface area contributed by atoms with Gasteiger partial charge in [-0.05, 0) is 55.2 Å². The number of carbonyl (C=O) groups is 1. The minimum atomic E-state index is -0.895. The van der Waals surface area contributed by atoms with Crippen molar-refractivity contribution >= 4 is 17.0 Å². The van der Waals surface area contributed by atoms with Crippen LogP contribution in [0.5, 0.6) is 0 Å². The molecule has 1 aromatic carbocycles. The van der Waals surface area contributed by atoms with Gasteiger partial charge in [-0.25, -0.2) is 9.78 Å². The van der Waals surface area contributed by atoms with Crippen molar-refractivity contribution < 1.29 is 9.90 Å². The molecule has 0 atom stereocenters. The van der Waals surface area contributed by atoms with Gasteiger partial charge >= 0.3 is 5.97 Å². The predicted octanol–water partition coefficient (Wildman–Crippen LogP) is 2.92. The summed E-state index contributed by atoms with van der Waals surface area (Å²) < 4.78 is 2.20. The van der Waals surface area contributed by atoms with Crippen molar-refractivity contribution in [2.75, 3.05) is 0 Å². The van der Waals surface area contributed by atoms with E-state index in [4.69, 9.17) is 5.11 Å². The third kappa shape index (κ3) is 1.74. The Morgan fingerprint density at radius 3 is 2.84 bits per heavy atom. The molecular weight excluding hydrogens is 240 g/mol. The lowest BCUT2D eigenvalue weighted by Gasteiger charge is -2.15. The first kappa shape index (κ1) is 11.0. The van der Waals surface area contributed by atoms with Crippen LogP contribution in [-0.4, -0.2) is 20.6 Å². The molecule has 1 heterocycles. The summed E-state index contributed by atoms with van der Waals surface area (Å²) in [5.41, 5.74) is 2.67. The van der Waals surface area contributed by atoms with Crippen LogP contribution in [0.3, 0.4) is 0 Å². The lowest BCUT2D eigenvalue weighted by Crippen LogP contribution is -2.13. The number of nitrogens with zero attached hydrogens (tertiary/aromatic N) is 2. The molecule has 2 aliphatic rings. The van der Waals surface area contributed by atoms with E-state index in [-0.39, 0.29) is 0 Å². The smallest absolute Gasteiger partial charge is 0.335 e. The molecule has 0 saturated heterocycles. The van der Waals surface area contributed by atoms with Gasteiger partial charge in [0, 0.05) is 6.54 Å². The molecule has 2 aliphatic carbocycles. The highest BCUT2D eigenvalue weighted by atomic mass is 16.4. The Balaban J connectivity index is 1.69. The SMILES string of the molecule is O=C(O)c1ccc2c(c1)ncn2CC1(C2CC2)CC1. The van der Waals surface area contributed by atoms with Gasteiger partial charge in [0.05, 0.1) is 22.9 Å². The van der Waals surface area contributed by atoms with Crippen LogP contribution in [0.1, 0.15) is 36.0 Å². The van der Waals surface area contributed by atoms with E-state index in [2.05, 4.69) is 9.55 Å². The number of aromatic carboxylic acids is 1. The van der Waals surface area contributed by atoms with Gasteiger partial charge in [0.25, 0.3) is 0 Å². The molecule has 1 aromatic heterocycles. The van der Waals surface area contributed by atoms with Gasteiger partial charge in [0.1, 0.15) is 0 Å². The van der Waals surface area contributed by atoms with Gasteiger partial charge in [-0.3, -0.25) is 0 Å². The monoisotopic (exact) mass is 256 g/mol. The second kappa shape index (κ2) is 3.59. The Morgan fingerprint density at radius 2 is 2.21 bits per heavy atom. The number of imidazole rings is 1. The van der Waals surface area contributed by atoms with E-state index in [9.17, 15) is 4.79 Å². The third-order valence-corrected chi connectivity index (χ3v) is 4.69. The topological polar surface area (TPSA) is 55.1 Å². The number of carboxylic acid groups (broad SMARTS) is 1. The molecule has 4 nitrogen and oxygen atoms in total. The Kier molecular flexibility index (Phi) is 2.08. The first-order valence-electron chi connectivity index (χ1n) is 6.86. The van der Waals surface area contributed by atoms with Crippen molar-refractivity contribution in [1.82, 2.24) is 9.55 Å². The van der Waals surface area contributed by atoms with E-state index in [1.54, 1.807) is 12.1 Å². The van der Waals surface area contributed by atoms with Crippen molar-refractivity contribution in [1.29, 1.82) is 0 Å². The summed E-state index contributed by atoms with van der Waals surface area (Å²) >= 11 is 0. The van der Waals surface area contributed by atoms with Gasteiger partial charge in [0.15, 0.2) is 0 Å². The average molecular weight is 256 g/mol. The van der Waals surface area contributed by atoms with Crippen LogP contribution in [-0.2, 0) is 6.54 Å². The second-order valence-electron chi connectivity index (χ2n) is 6.02. The Bertz CT molecular complexity index is 666. The fourth-order valence-electron chi connectivity index (χ4n) is 3.21. The molecule has 4 heteroatoms. The average Bonchev–Trinajstić information content (AvgIpc) is 3.28. The number of aromatic nitrogens is 2. The lowest BCUT2D eigenvalue weighted by molar-refractivity contribution is 0.0697. The van der Waals surface area contributed by atoms with Crippen LogP contribution < -0.4 is 0 Å². The number of hydrogen-bond donors (Lipinski definition) is 1. The molecule has 1 N–H and O–H groups in total. The summed E-state index contributed by atoms with van der Waals surface area (Å²) in [7, 11) is 0. The van der Waals surface area contributed by atoms with Crippen LogP contribution in [0, 0.1) is 11.3 Å². The van der Waals surface area contributed by atoms with E-state index >= 15 is 0 Å². The highest BCUT2D eigenvalue weighted by Crippen LogP contribution is 2.62. The largest absolute Gasteiger partial charge is 0.478 e. The van der Waals surface area contributed by atoms with Crippen LogP contribution in [0.2, 0.25) is 0 Å². The molecule has 19 heavy (non-hydrogen) atoms. The number of carboxylic acids is 1. The van der Waals surface area contributed by atoms with Crippen molar-refractivity contribution in [3.05, 3.63) is 30.1 Å². The minimum absolute atomic E-state index is 0.307. The summed E-state index contributed by atoms with van der Waals surface area (Å²) in [5, 5.41) is 8.99. The summed E-state index contributed by atoms with van der Waals surface area (Å²) in [5.74, 6) is 0.0244. The van der Waals surface area contributed by atoms with Crippen molar-refractivity contribution in [2.24, 2.45) is 11.3 Å². The van der Waals surface area contributed by atoms with Gasteiger partial charge < -0.3 is 9.67 Å². The van der Waals surface area contributed by atoms with E-state index in [0.29, 0.717) is 11.0 Å². The Hall–Kier alpha value is -1.84. The summed E-state index contributed by atoms with van der Waals surface area (Å²) in [4.78, 5) is 15.3. The maximum absolute atomic E-state index is 11.0. The molecule has 2 saturated carbocycles. The second-order valence-corrected chi connectivity index (χ2v) is 6.02. The zero-order chi connectivity index (χ0) is 13.0. The summed E-state index contributed by atoms with van der Waals surface area (Å²) in [6.45, 7) is 1.04. The number of benzene rings is 1. The highest BCUT2D eigenvalue weighted by Gasteiger charge is 2.53. The molecule has 0 bridgehead atoms. The molecule has 98 valence electrons. The summed E-state index contributed by atoms with van der Waals surface area (Å²) in [6.07, 6.45) is 7.30. The molecular formula is C15H16N2O2. The fourth-order valence-corrected chi connectivity index (χ4v) is 3.21. The van der Waals surface area contributed by atoms with Gasteiger partial charge in [-0.1, -0.05) is 0 Å². The predicted molar refractivity (Wildman–Crippen MR) is 71.1 cm³/mol. The van der Waals surface area contributed by atoms with Gasteiger partial charge in [-0.15, -0.1) is 0 Å². The molecule has 0 spiro atoms. The van der Waals surface area contributed by atoms with Crippen LogP contribution in [0.4, 0.5) is 0 Å². The first-order chi connectivity index (χ1) is 9.18. The maximum atomic E-state index is 11.0. The van der Waals surface area contributed by atoms with Crippen molar-refractivity contribution in [2.45, 2.75) is 32.2 Å². The molecule has 2 aromatic rings. The molecule has 0 unspecified atom stereocenters. The molecule has 0 radical (unpaired) electrons. The van der Waals surface area contributed by atoms with Gasteiger partial charge in [-0.2, -0.15) is 0 Å². The van der Waals surface area contributed by atoms with Crippen molar-refractivity contribution in [3.63, 3.8) is 0 Å². The number of hydrogen-bond acceptors (Lipinski definition) is 2. The standard InChI is InChI=1S/C15H16N2O2/c18-14(19)10-1-4-13-12(7-10)16-9-17(13)8-15(5-6-15)11-2-3-11/h1,4,7,9,11H,2-3,5-6,8H2,(H,18,19). The van der Waals surface area contributed by atoms with E-state index in [1.807, 2.05) is 12.4 Å². The molecule has 0 amide bonds. The summed E-state index contributed by atoms with van der Waals surface area (Å²) in [6, 6.07) is 5.21. The maximum Gasteiger partial charge on any atom is 0.335 e. The van der Waals surface area contributed by atoms with Crippen LogP contribution >= 0.6 is 0 Å². The van der Waals surface area contributed by atoms with Crippen LogP contribution in [0.15, 0.2) is 24.5 Å². The normalized spacial score (nSPS) is 20.6. The van der Waals surface area contributed by atoms with E-state index in [1.165, 1.54) is 25.7 Å². The Labute approximate surface area is 111 Å². The van der Waals surface area contributed by atoms with Crippen molar-refractivity contribution in [3.8, 4) is 0 Å². The van der Waals surface area contributed by atoms with E-state index < -0.39 is 5.97 Å². The number of fused-ring (bicyclic) bond motifs is 1. The molecule has 2 fully saturated rings. The highest BCUT2D eigenvalue weighted by molar-refractivity contribution is 5.92. The Morgan fingerprint density at radius 1 is 1.42 bits per heavy atom. The minimum Gasteiger partial charge on any atom is -0.478 e. The lowest BCUT2D eigenvalue weighted by atomic mass is 10.0. The quantitative estimate of drug-likeness (QED) is 0.915. The molecule has 4 rings (SSSR count).